The summed E-state index contributed by atoms with van der Waals surface area (Å²) in [6, 6.07) is 2.09. The molecule has 400 valence electrons. The van der Waals surface area contributed by atoms with Crippen molar-refractivity contribution < 1.29 is 43.2 Å². The largest absolute Gasteiger partial charge is 0.480 e. The molecule has 2 aliphatic rings. The molecule has 2 aliphatic carbocycles. The third kappa shape index (κ3) is 20.2. The van der Waals surface area contributed by atoms with Crippen molar-refractivity contribution in [3.63, 3.8) is 0 Å². The van der Waals surface area contributed by atoms with Crippen LogP contribution in [0.4, 0.5) is 31.5 Å². The first-order valence-electron chi connectivity index (χ1n) is 24.3. The first-order chi connectivity index (χ1) is 33.5. The van der Waals surface area contributed by atoms with Crippen molar-refractivity contribution in [1.82, 2.24) is 39.7 Å². The van der Waals surface area contributed by atoms with E-state index in [4.69, 9.17) is 29.8 Å². The van der Waals surface area contributed by atoms with Crippen molar-refractivity contribution in [2.45, 2.75) is 169 Å². The van der Waals surface area contributed by atoms with Crippen molar-refractivity contribution in [2.24, 2.45) is 5.73 Å². The summed E-state index contributed by atoms with van der Waals surface area (Å²) >= 11 is 3.37. The topological polar surface area (TPSA) is 259 Å². The highest BCUT2D eigenvalue weighted by Gasteiger charge is 2.28. The van der Waals surface area contributed by atoms with Crippen molar-refractivity contribution >= 4 is 80.9 Å². The maximum absolute atomic E-state index is 12.6. The van der Waals surface area contributed by atoms with E-state index < -0.39 is 41.4 Å². The Balaban J connectivity index is 0.000000315. The van der Waals surface area contributed by atoms with E-state index >= 15 is 0 Å². The van der Waals surface area contributed by atoms with E-state index in [2.05, 4.69) is 40.5 Å². The maximum Gasteiger partial charge on any atom is 0.410 e. The number of carbonyl (C=O) groups is 4. The second-order valence-electron chi connectivity index (χ2n) is 19.3. The van der Waals surface area contributed by atoms with Crippen LogP contribution in [-0.2, 0) is 31.9 Å². The smallest absolute Gasteiger partial charge is 0.410 e. The van der Waals surface area contributed by atoms with Crippen molar-refractivity contribution in [1.29, 1.82) is 0 Å². The van der Waals surface area contributed by atoms with E-state index in [-0.39, 0.29) is 24.6 Å². The molecule has 6 rings (SSSR count). The van der Waals surface area contributed by atoms with Gasteiger partial charge in [0.2, 0.25) is 11.8 Å². The minimum Gasteiger partial charge on any atom is -0.480 e. The first kappa shape index (κ1) is 60.9. The zero-order chi connectivity index (χ0) is 52.5. The summed E-state index contributed by atoms with van der Waals surface area (Å²) in [5.41, 5.74) is 4.25. The molecule has 2 fully saturated rings. The number of thiazole rings is 2. The van der Waals surface area contributed by atoms with Crippen molar-refractivity contribution in [3.05, 3.63) is 45.9 Å². The van der Waals surface area contributed by atoms with Crippen LogP contribution in [0.5, 0.6) is 11.8 Å². The number of carboxylic acids is 1. The second-order valence-corrected chi connectivity index (χ2v) is 21.4. The Morgan fingerprint density at radius 2 is 1.14 bits per heavy atom. The quantitative estimate of drug-likeness (QED) is 0.0600. The van der Waals surface area contributed by atoms with Gasteiger partial charge in [-0.25, -0.2) is 34.3 Å². The molecule has 2 amide bonds. The van der Waals surface area contributed by atoms with E-state index in [0.29, 0.717) is 73.7 Å². The molecule has 0 radical (unpaired) electrons. The molecule has 0 spiro atoms. The zero-order valence-corrected chi connectivity index (χ0v) is 46.4. The summed E-state index contributed by atoms with van der Waals surface area (Å²) in [6.45, 7) is 18.9. The summed E-state index contributed by atoms with van der Waals surface area (Å²) in [7, 11) is 2.97. The van der Waals surface area contributed by atoms with Crippen LogP contribution in [0.3, 0.4) is 0 Å². The van der Waals surface area contributed by atoms with Crippen molar-refractivity contribution in [3.8, 4) is 11.8 Å². The number of aliphatic carboxylic acids is 1. The molecule has 20 nitrogen and oxygen atoms in total. The van der Waals surface area contributed by atoms with Gasteiger partial charge < -0.3 is 45.3 Å². The first-order valence-corrected chi connectivity index (χ1v) is 26.0. The molecule has 0 aromatic carbocycles. The van der Waals surface area contributed by atoms with E-state index in [0.717, 1.165) is 27.4 Å². The standard InChI is InChI=1S/C25H37N5O4S.C15H21N5OS.C9H17NO4.ClH/c1-7-20-27-21(29-23-26-15-19(35-23)17-10-8-11-17)14-22(28-20)33-13-9-12-18(31)16(2)30(6)24(32)34-25(3,4)5;1-2-12-18-13(8-14(19-12)21-7-6-16)20-15-17-9-11(22-15)10-4-3-5-10;1-6(7(11)12)10(5)8(13)14-9(2,3)4;/h14-17H,7-13H2,1-6H3,(H,26,27,28,29);8-10H,2-7,16H2,1H3,(H,17,18,19,20);6H,1-5H3,(H,11,12);1H/t16-;;6-;/m0.0./s1. The van der Waals surface area contributed by atoms with Crippen molar-refractivity contribution in [2.75, 3.05) is 44.5 Å². The monoisotopic (exact) mass is 1060 g/mol. The Hall–Kier alpha value is -5.45. The number of hydrogen-bond donors (Lipinski definition) is 4. The van der Waals surface area contributed by atoms with Gasteiger partial charge in [0.15, 0.2) is 16.0 Å². The molecule has 72 heavy (non-hydrogen) atoms. The number of ketones is 1. The van der Waals surface area contributed by atoms with Gasteiger partial charge in [-0.3, -0.25) is 9.69 Å². The van der Waals surface area contributed by atoms with Gasteiger partial charge in [0.05, 0.1) is 12.6 Å². The summed E-state index contributed by atoms with van der Waals surface area (Å²) in [5.74, 6) is 4.03. The second kappa shape index (κ2) is 28.7. The molecule has 2 saturated carbocycles. The van der Waals surface area contributed by atoms with Crippen LogP contribution in [0.25, 0.3) is 0 Å². The highest BCUT2D eigenvalue weighted by Crippen LogP contribution is 2.41. The number of halogens is 1. The van der Waals surface area contributed by atoms with Crippen LogP contribution in [0, 0.1) is 0 Å². The van der Waals surface area contributed by atoms with E-state index in [1.807, 2.05) is 26.2 Å². The number of ether oxygens (including phenoxy) is 4. The number of carboxylic acid groups (broad SMARTS) is 1. The highest BCUT2D eigenvalue weighted by molar-refractivity contribution is 7.16. The summed E-state index contributed by atoms with van der Waals surface area (Å²) in [5, 5.41) is 16.9. The molecule has 4 aromatic heterocycles. The molecule has 2 atom stereocenters. The van der Waals surface area contributed by atoms with Gasteiger partial charge in [-0.15, -0.1) is 35.1 Å². The molecule has 23 heteroatoms. The fourth-order valence-corrected chi connectivity index (χ4v) is 8.35. The third-order valence-electron chi connectivity index (χ3n) is 11.2. The number of amides is 2. The third-order valence-corrected chi connectivity index (χ3v) is 13.3. The average Bonchev–Trinajstić information content (AvgIpc) is 3.92. The Morgan fingerprint density at radius 1 is 0.722 bits per heavy atom. The van der Waals surface area contributed by atoms with Gasteiger partial charge in [-0.1, -0.05) is 26.7 Å². The minimum atomic E-state index is -1.06. The van der Waals surface area contributed by atoms with Crippen LogP contribution < -0.4 is 25.8 Å². The van der Waals surface area contributed by atoms with E-state index in [1.54, 1.807) is 90.3 Å². The van der Waals surface area contributed by atoms with Crippen LogP contribution in [-0.4, -0.2) is 126 Å². The van der Waals surface area contributed by atoms with E-state index in [9.17, 15) is 19.2 Å². The van der Waals surface area contributed by atoms with Crippen LogP contribution >= 0.6 is 35.1 Å². The summed E-state index contributed by atoms with van der Waals surface area (Å²) in [6.07, 6.45) is 12.7. The van der Waals surface area contributed by atoms with Gasteiger partial charge >= 0.3 is 18.2 Å². The number of nitrogens with two attached hydrogens (primary N) is 1. The number of aromatic nitrogens is 6. The number of nitrogens with one attached hydrogen (secondary N) is 2. The van der Waals surface area contributed by atoms with E-state index in [1.165, 1.54) is 67.2 Å². The number of rotatable bonds is 20. The molecule has 0 unspecified atom stereocenters. The lowest BCUT2D eigenvalue weighted by Crippen LogP contribution is -2.43. The van der Waals surface area contributed by atoms with Gasteiger partial charge in [-0.2, -0.15) is 9.97 Å². The lowest BCUT2D eigenvalue weighted by Gasteiger charge is -2.28. The Morgan fingerprint density at radius 3 is 1.50 bits per heavy atom. The maximum atomic E-state index is 12.6. The Labute approximate surface area is 438 Å². The predicted octanol–water partition coefficient (Wildman–Crippen LogP) is 10.1. The van der Waals surface area contributed by atoms with Gasteiger partial charge in [0, 0.05) is 74.2 Å². The fraction of sp³-hybridized carbons (Fsp3) is 0.633. The molecule has 0 bridgehead atoms. The molecule has 0 aliphatic heterocycles. The molecule has 0 saturated heterocycles. The Kier molecular flexibility index (Phi) is 24.3. The average molecular weight is 1060 g/mol. The summed E-state index contributed by atoms with van der Waals surface area (Å²) in [4.78, 5) is 78.4. The number of aryl methyl sites for hydroxylation is 2. The van der Waals surface area contributed by atoms with Gasteiger partial charge in [-0.05, 0) is 99.3 Å². The normalized spacial score (nSPS) is 14.2. The number of Topliss-reactive ketones (excluding diaryl/α,β-unsaturated/α-hetero) is 1. The summed E-state index contributed by atoms with van der Waals surface area (Å²) < 4.78 is 21.7. The Bertz CT molecular complexity index is 2350. The zero-order valence-electron chi connectivity index (χ0n) is 43.9. The van der Waals surface area contributed by atoms with Gasteiger partial charge in [0.25, 0.3) is 0 Å². The molecule has 5 N–H and O–H groups in total. The minimum absolute atomic E-state index is 0. The molecular weight excluding hydrogens is 986 g/mol. The highest BCUT2D eigenvalue weighted by atomic mass is 35.5. The van der Waals surface area contributed by atoms with Crippen LogP contribution in [0.15, 0.2) is 24.5 Å². The lowest BCUT2D eigenvalue weighted by molar-refractivity contribution is -0.142. The SMILES string of the molecule is CCc1nc(Nc2ncc(C3CCC3)s2)cc(OCCCC(=O)[C@H](C)N(C)C(=O)OC(C)(C)C)n1.CCc1nc(Nc2ncc(C3CCC3)s2)cc(OCCN)n1.C[C@@H](C(=O)O)N(C)C(=O)OC(C)(C)C.Cl. The molecule has 4 heterocycles. The number of carbonyl (C=O) groups excluding carboxylic acids is 3. The molecule has 4 aromatic rings. The molecular formula is C49H76ClN11O9S2. The fourth-order valence-electron chi connectivity index (χ4n) is 6.37. The lowest BCUT2D eigenvalue weighted by atomic mass is 9.85. The van der Waals surface area contributed by atoms with Crippen LogP contribution in [0.1, 0.15) is 154 Å². The number of nitrogens with zero attached hydrogens (tertiary/aromatic N) is 8. The predicted molar refractivity (Wildman–Crippen MR) is 283 cm³/mol. The van der Waals surface area contributed by atoms with Gasteiger partial charge in [0.1, 0.15) is 47.1 Å². The van der Waals surface area contributed by atoms with Crippen LogP contribution in [0.2, 0.25) is 0 Å². The number of anilines is 4. The number of hydrogen-bond acceptors (Lipinski definition) is 19. The number of likely N-dealkylation sites (N-methyl/N-ethyl adjacent to an activating group) is 2.